The van der Waals surface area contributed by atoms with Gasteiger partial charge in [-0.05, 0) is 70.0 Å². The number of hydrogen-bond donors (Lipinski definition) is 0. The van der Waals surface area contributed by atoms with E-state index < -0.39 is 8.07 Å². The van der Waals surface area contributed by atoms with Crippen molar-refractivity contribution in [3.05, 3.63) is 29.5 Å². The highest BCUT2D eigenvalue weighted by Crippen LogP contribution is 2.41. The van der Waals surface area contributed by atoms with Crippen LogP contribution in [0.2, 0.25) is 25.7 Å². The monoisotopic (exact) mass is 404 g/mol. The van der Waals surface area contributed by atoms with Crippen molar-refractivity contribution in [2.75, 3.05) is 6.61 Å². The Kier molecular flexibility index (Phi) is 6.30. The van der Waals surface area contributed by atoms with E-state index in [1.807, 2.05) is 10.9 Å². The van der Waals surface area contributed by atoms with Crippen LogP contribution in [-0.4, -0.2) is 42.8 Å². The molecule has 28 heavy (non-hydrogen) atoms. The Bertz CT molecular complexity index is 693. The van der Waals surface area contributed by atoms with E-state index in [1.54, 1.807) is 0 Å². The summed E-state index contributed by atoms with van der Waals surface area (Å²) in [5, 5.41) is 4.49. The van der Waals surface area contributed by atoms with Gasteiger partial charge in [0.25, 0.3) is 0 Å². The second-order valence-electron chi connectivity index (χ2n) is 10.5. The van der Waals surface area contributed by atoms with Gasteiger partial charge >= 0.3 is 7.12 Å². The molecule has 0 bridgehead atoms. The number of allylic oxidation sites excluding steroid dienone is 2. The maximum Gasteiger partial charge on any atom is 0.490 e. The van der Waals surface area contributed by atoms with Crippen molar-refractivity contribution in [2.24, 2.45) is 0 Å². The molecule has 7 heteroatoms. The largest absolute Gasteiger partial charge is 0.490 e. The quantitative estimate of drug-likeness (QED) is 0.473. The van der Waals surface area contributed by atoms with E-state index in [-0.39, 0.29) is 18.3 Å². The maximum absolute atomic E-state index is 6.21. The molecule has 0 aromatic carbocycles. The van der Waals surface area contributed by atoms with Crippen LogP contribution in [0.5, 0.6) is 0 Å². The molecule has 5 nitrogen and oxygen atoms in total. The second kappa shape index (κ2) is 8.09. The summed E-state index contributed by atoms with van der Waals surface area (Å²) in [5.74, 6) is 0.516. The number of ether oxygens (including phenoxy) is 1. The predicted molar refractivity (Wildman–Crippen MR) is 117 cm³/mol. The maximum atomic E-state index is 6.21. The Labute approximate surface area is 172 Å². The topological polar surface area (TPSA) is 45.5 Å². The summed E-state index contributed by atoms with van der Waals surface area (Å²) in [4.78, 5) is 0. The second-order valence-corrected chi connectivity index (χ2v) is 16.1. The van der Waals surface area contributed by atoms with E-state index in [0.29, 0.717) is 12.6 Å². The molecule has 2 heterocycles. The van der Waals surface area contributed by atoms with Crippen LogP contribution in [0.4, 0.5) is 0 Å². The van der Waals surface area contributed by atoms with Crippen LogP contribution in [0.15, 0.2) is 23.9 Å². The van der Waals surface area contributed by atoms with E-state index in [9.17, 15) is 0 Å². The van der Waals surface area contributed by atoms with Crippen molar-refractivity contribution in [3.8, 4) is 0 Å². The molecule has 1 fully saturated rings. The average Bonchev–Trinajstić information content (AvgIpc) is 3.13. The summed E-state index contributed by atoms with van der Waals surface area (Å²) in [6, 6.07) is 1.19. The lowest BCUT2D eigenvalue weighted by molar-refractivity contribution is 0.00578. The van der Waals surface area contributed by atoms with E-state index in [4.69, 9.17) is 14.0 Å². The summed E-state index contributed by atoms with van der Waals surface area (Å²) in [6.45, 7) is 16.9. The molecule has 1 aromatic rings. The highest BCUT2D eigenvalue weighted by atomic mass is 28.3. The van der Waals surface area contributed by atoms with E-state index in [2.05, 4.69) is 64.7 Å². The molecule has 156 valence electrons. The molecule has 0 saturated carbocycles. The van der Waals surface area contributed by atoms with Crippen LogP contribution < -0.4 is 0 Å². The van der Waals surface area contributed by atoms with Gasteiger partial charge in [-0.3, -0.25) is 0 Å². The number of hydrogen-bond acceptors (Lipinski definition) is 4. The first-order valence-corrected chi connectivity index (χ1v) is 14.3. The average molecular weight is 404 g/mol. The minimum atomic E-state index is -1.03. The lowest BCUT2D eigenvalue weighted by Gasteiger charge is -2.32. The summed E-state index contributed by atoms with van der Waals surface area (Å²) >= 11 is 0. The number of rotatable bonds is 7. The molecule has 0 amide bonds. The molecular formula is C21H37BN2O3Si. The van der Waals surface area contributed by atoms with Gasteiger partial charge in [0.15, 0.2) is 0 Å². The molecule has 0 spiro atoms. The molecule has 1 aliphatic heterocycles. The lowest BCUT2D eigenvalue weighted by atomic mass is 9.70. The zero-order valence-corrected chi connectivity index (χ0v) is 19.7. The molecule has 1 aromatic heterocycles. The fourth-order valence-electron chi connectivity index (χ4n) is 3.56. The molecule has 0 N–H and O–H groups in total. The Hall–Kier alpha value is -0.888. The van der Waals surface area contributed by atoms with Gasteiger partial charge < -0.3 is 14.0 Å². The minimum Gasteiger partial charge on any atom is -0.400 e. The summed E-state index contributed by atoms with van der Waals surface area (Å²) in [7, 11) is -1.24. The molecule has 1 atom stereocenters. The van der Waals surface area contributed by atoms with Gasteiger partial charge in [-0.25, -0.2) is 4.68 Å². The summed E-state index contributed by atoms with van der Waals surface area (Å²) in [5.41, 5.74) is 2.05. The Morgan fingerprint density at radius 3 is 2.46 bits per heavy atom. The Morgan fingerprint density at radius 2 is 1.89 bits per heavy atom. The Balaban J connectivity index is 1.51. The van der Waals surface area contributed by atoms with Crippen LogP contribution in [0.1, 0.15) is 58.4 Å². The van der Waals surface area contributed by atoms with Gasteiger partial charge in [0.05, 0.1) is 17.4 Å². The zero-order chi connectivity index (χ0) is 20.6. The first-order chi connectivity index (χ1) is 13.0. The van der Waals surface area contributed by atoms with Crippen LogP contribution in [0.3, 0.4) is 0 Å². The third-order valence-corrected chi connectivity index (χ3v) is 8.05. The van der Waals surface area contributed by atoms with Gasteiger partial charge in [0.2, 0.25) is 0 Å². The van der Waals surface area contributed by atoms with Crippen molar-refractivity contribution in [1.82, 2.24) is 9.78 Å². The molecule has 3 rings (SSSR count). The molecule has 1 unspecified atom stereocenters. The van der Waals surface area contributed by atoms with Gasteiger partial charge in [0, 0.05) is 20.9 Å². The summed E-state index contributed by atoms with van der Waals surface area (Å²) in [6.07, 6.45) is 9.60. The highest BCUT2D eigenvalue weighted by molar-refractivity contribution is 6.76. The van der Waals surface area contributed by atoms with E-state index in [0.717, 1.165) is 25.9 Å². The number of nitrogens with zero attached hydrogens (tertiary/aromatic N) is 2. The fraction of sp³-hybridized carbons (Fsp3) is 0.762. The van der Waals surface area contributed by atoms with Crippen molar-refractivity contribution in [3.63, 3.8) is 0 Å². The van der Waals surface area contributed by atoms with Crippen molar-refractivity contribution < 1.29 is 14.0 Å². The normalized spacial score (nSPS) is 24.5. The third-order valence-electron chi connectivity index (χ3n) is 6.35. The van der Waals surface area contributed by atoms with Gasteiger partial charge in [-0.15, -0.1) is 0 Å². The van der Waals surface area contributed by atoms with E-state index >= 15 is 0 Å². The standard InChI is InChI=1S/C21H37BN2O3Si/c1-20(2)21(3,4)27-22(26-20)19-10-8-17(9-11-19)18-14-23-24(15-18)16-25-12-13-28(5,6)7/h10,14-15,17H,8-9,11-13,16H2,1-7H3. The zero-order valence-electron chi connectivity index (χ0n) is 18.7. The van der Waals surface area contributed by atoms with Crippen molar-refractivity contribution in [1.29, 1.82) is 0 Å². The van der Waals surface area contributed by atoms with Gasteiger partial charge in [-0.2, -0.15) is 5.10 Å². The van der Waals surface area contributed by atoms with E-state index in [1.165, 1.54) is 17.1 Å². The van der Waals surface area contributed by atoms with Gasteiger partial charge in [-0.1, -0.05) is 25.7 Å². The third kappa shape index (κ3) is 5.18. The smallest absolute Gasteiger partial charge is 0.400 e. The van der Waals surface area contributed by atoms with Crippen LogP contribution in [-0.2, 0) is 20.8 Å². The van der Waals surface area contributed by atoms with Crippen LogP contribution >= 0.6 is 0 Å². The first-order valence-electron chi connectivity index (χ1n) is 10.6. The molecule has 1 aliphatic carbocycles. The molecule has 1 saturated heterocycles. The number of aromatic nitrogens is 2. The summed E-state index contributed by atoms with van der Waals surface area (Å²) < 4.78 is 20.1. The van der Waals surface area contributed by atoms with Crippen molar-refractivity contribution >= 4 is 15.2 Å². The fourth-order valence-corrected chi connectivity index (χ4v) is 4.32. The molecular weight excluding hydrogens is 367 g/mol. The SMILES string of the molecule is CC1(C)OB(C2=CCC(c3cnn(COCC[Si](C)(C)C)c3)CC2)OC1(C)C. The molecule has 0 radical (unpaired) electrons. The minimum absolute atomic E-state index is 0.201. The van der Waals surface area contributed by atoms with Gasteiger partial charge in [0.1, 0.15) is 6.73 Å². The van der Waals surface area contributed by atoms with Crippen molar-refractivity contribution in [2.45, 2.75) is 96.5 Å². The van der Waals surface area contributed by atoms with Crippen LogP contribution in [0, 0.1) is 0 Å². The first kappa shape index (κ1) is 21.8. The highest BCUT2D eigenvalue weighted by Gasteiger charge is 2.52. The Morgan fingerprint density at radius 1 is 1.21 bits per heavy atom. The predicted octanol–water partition coefficient (Wildman–Crippen LogP) is 5.02. The van der Waals surface area contributed by atoms with Crippen LogP contribution in [0.25, 0.3) is 0 Å². The lowest BCUT2D eigenvalue weighted by Crippen LogP contribution is -2.41. The molecule has 2 aliphatic rings.